The van der Waals surface area contributed by atoms with E-state index in [0.717, 1.165) is 36.9 Å². The van der Waals surface area contributed by atoms with Gasteiger partial charge in [0, 0.05) is 24.7 Å². The Kier molecular flexibility index (Phi) is 8.88. The molecule has 7 nitrogen and oxygen atoms in total. The molecule has 0 radical (unpaired) electrons. The van der Waals surface area contributed by atoms with Crippen LogP contribution in [0.5, 0.6) is 0 Å². The maximum absolute atomic E-state index is 5.81. The molecular formula is C22H31IN6O. The first-order chi connectivity index (χ1) is 14.0. The molecule has 8 heteroatoms. The van der Waals surface area contributed by atoms with Gasteiger partial charge < -0.3 is 15.1 Å². The molecule has 162 valence electrons. The molecule has 0 saturated heterocycles. The number of hydrogen-bond donors (Lipinski definition) is 2. The van der Waals surface area contributed by atoms with Gasteiger partial charge in [0.1, 0.15) is 12.3 Å². The van der Waals surface area contributed by atoms with Gasteiger partial charge in [0.15, 0.2) is 5.96 Å². The van der Waals surface area contributed by atoms with Crippen molar-refractivity contribution in [2.45, 2.75) is 46.1 Å². The largest absolute Gasteiger partial charge is 0.443 e. The Morgan fingerprint density at radius 2 is 1.90 bits per heavy atom. The van der Waals surface area contributed by atoms with Crippen LogP contribution >= 0.6 is 24.0 Å². The third-order valence-electron chi connectivity index (χ3n) is 4.37. The molecule has 2 N–H and O–H groups in total. The number of para-hydroxylation sites is 1. The fourth-order valence-corrected chi connectivity index (χ4v) is 2.75. The zero-order valence-corrected chi connectivity index (χ0v) is 20.4. The normalized spacial score (nSPS) is 11.8. The highest BCUT2D eigenvalue weighted by Gasteiger charge is 2.19. The molecule has 30 heavy (non-hydrogen) atoms. The Morgan fingerprint density at radius 3 is 2.57 bits per heavy atom. The summed E-state index contributed by atoms with van der Waals surface area (Å²) >= 11 is 0. The van der Waals surface area contributed by atoms with Crippen molar-refractivity contribution in [1.29, 1.82) is 0 Å². The molecule has 0 atom stereocenters. The van der Waals surface area contributed by atoms with Crippen LogP contribution in [0.4, 0.5) is 0 Å². The van der Waals surface area contributed by atoms with Gasteiger partial charge >= 0.3 is 0 Å². The Morgan fingerprint density at radius 1 is 1.13 bits per heavy atom. The van der Waals surface area contributed by atoms with Gasteiger partial charge in [0.05, 0.1) is 18.1 Å². The molecule has 0 spiro atoms. The van der Waals surface area contributed by atoms with Crippen LogP contribution in [0.1, 0.15) is 44.9 Å². The molecule has 3 aromatic rings. The summed E-state index contributed by atoms with van der Waals surface area (Å²) in [5, 5.41) is 11.1. The number of hydrogen-bond acceptors (Lipinski definition) is 4. The lowest BCUT2D eigenvalue weighted by molar-refractivity contribution is 0.383. The second-order valence-electron chi connectivity index (χ2n) is 7.87. The zero-order valence-electron chi connectivity index (χ0n) is 18.1. The van der Waals surface area contributed by atoms with Gasteiger partial charge in [-0.25, -0.2) is 14.7 Å². The van der Waals surface area contributed by atoms with Crippen LogP contribution in [-0.4, -0.2) is 33.8 Å². The van der Waals surface area contributed by atoms with Crippen LogP contribution in [0.3, 0.4) is 0 Å². The molecule has 0 saturated carbocycles. The standard InChI is InChI=1S/C22H30N6O.HI/c1-5-23-21(26-15-20-25-14-19(29-20)22(2,3)4)24-12-11-17-13-27-28(16-17)18-9-7-6-8-10-18;/h6-10,13-14,16H,5,11-12,15H2,1-4H3,(H2,23,24,26);1H. The quantitative estimate of drug-likeness (QED) is 0.278. The van der Waals surface area contributed by atoms with E-state index in [0.29, 0.717) is 12.4 Å². The van der Waals surface area contributed by atoms with E-state index in [2.05, 4.69) is 52.7 Å². The number of nitrogens with zero attached hydrogens (tertiary/aromatic N) is 4. The molecule has 2 aromatic heterocycles. The molecule has 0 amide bonds. The maximum Gasteiger partial charge on any atom is 0.216 e. The topological polar surface area (TPSA) is 80.3 Å². The van der Waals surface area contributed by atoms with Gasteiger partial charge in [-0.05, 0) is 31.0 Å². The summed E-state index contributed by atoms with van der Waals surface area (Å²) in [6, 6.07) is 10.1. The van der Waals surface area contributed by atoms with E-state index < -0.39 is 0 Å². The summed E-state index contributed by atoms with van der Waals surface area (Å²) in [6.07, 6.45) is 6.60. The van der Waals surface area contributed by atoms with Crippen LogP contribution < -0.4 is 10.6 Å². The van der Waals surface area contributed by atoms with Gasteiger partial charge in [-0.2, -0.15) is 5.10 Å². The van der Waals surface area contributed by atoms with Crippen molar-refractivity contribution in [2.75, 3.05) is 13.1 Å². The average Bonchev–Trinajstić information content (AvgIpc) is 3.36. The maximum atomic E-state index is 5.81. The average molecular weight is 522 g/mol. The number of oxazole rings is 1. The van der Waals surface area contributed by atoms with E-state index in [1.54, 1.807) is 6.20 Å². The molecule has 2 heterocycles. The number of benzene rings is 1. The summed E-state index contributed by atoms with van der Waals surface area (Å²) in [7, 11) is 0. The molecular weight excluding hydrogens is 491 g/mol. The first-order valence-electron chi connectivity index (χ1n) is 10.0. The second-order valence-corrected chi connectivity index (χ2v) is 7.87. The smallest absolute Gasteiger partial charge is 0.216 e. The van der Waals surface area contributed by atoms with Crippen molar-refractivity contribution in [3.63, 3.8) is 0 Å². The molecule has 0 bridgehead atoms. The molecule has 1 aromatic carbocycles. The Bertz CT molecular complexity index is 927. The SMILES string of the molecule is CCNC(=NCc1ncc(C(C)(C)C)o1)NCCc1cnn(-c2ccccc2)c1.I. The lowest BCUT2D eigenvalue weighted by atomic mass is 9.94. The van der Waals surface area contributed by atoms with E-state index >= 15 is 0 Å². The number of aromatic nitrogens is 3. The van der Waals surface area contributed by atoms with Crippen molar-refractivity contribution in [2.24, 2.45) is 4.99 Å². The lowest BCUT2D eigenvalue weighted by Crippen LogP contribution is -2.38. The van der Waals surface area contributed by atoms with Crippen molar-refractivity contribution < 1.29 is 4.42 Å². The van der Waals surface area contributed by atoms with Crippen LogP contribution in [0, 0.1) is 0 Å². The lowest BCUT2D eigenvalue weighted by Gasteiger charge is -2.13. The summed E-state index contributed by atoms with van der Waals surface area (Å²) in [4.78, 5) is 8.91. The van der Waals surface area contributed by atoms with Crippen molar-refractivity contribution >= 4 is 29.9 Å². The Labute approximate surface area is 195 Å². The predicted octanol–water partition coefficient (Wildman–Crippen LogP) is 4.07. The molecule has 0 unspecified atom stereocenters. The van der Waals surface area contributed by atoms with Gasteiger partial charge in [-0.15, -0.1) is 24.0 Å². The van der Waals surface area contributed by atoms with E-state index in [4.69, 9.17) is 4.42 Å². The zero-order chi connectivity index (χ0) is 20.7. The number of guanidine groups is 1. The van der Waals surface area contributed by atoms with E-state index in [1.165, 1.54) is 5.56 Å². The van der Waals surface area contributed by atoms with Crippen molar-refractivity contribution in [3.8, 4) is 5.69 Å². The number of nitrogens with one attached hydrogen (secondary N) is 2. The monoisotopic (exact) mass is 522 g/mol. The highest BCUT2D eigenvalue weighted by molar-refractivity contribution is 14.0. The fourth-order valence-electron chi connectivity index (χ4n) is 2.75. The Balaban J connectivity index is 0.00000320. The first-order valence-corrected chi connectivity index (χ1v) is 10.0. The first kappa shape index (κ1) is 23.9. The minimum Gasteiger partial charge on any atom is -0.443 e. The van der Waals surface area contributed by atoms with Gasteiger partial charge in [-0.1, -0.05) is 39.0 Å². The second kappa shape index (κ2) is 11.1. The van der Waals surface area contributed by atoms with E-state index in [1.807, 2.05) is 48.1 Å². The summed E-state index contributed by atoms with van der Waals surface area (Å²) in [5.41, 5.74) is 2.17. The molecule has 0 aliphatic rings. The van der Waals surface area contributed by atoms with Crippen LogP contribution in [0.15, 0.2) is 58.3 Å². The predicted molar refractivity (Wildman–Crippen MR) is 131 cm³/mol. The van der Waals surface area contributed by atoms with Gasteiger partial charge in [0.25, 0.3) is 0 Å². The van der Waals surface area contributed by atoms with Gasteiger partial charge in [0.2, 0.25) is 5.89 Å². The van der Waals surface area contributed by atoms with Gasteiger partial charge in [-0.3, -0.25) is 0 Å². The Hall–Kier alpha value is -2.36. The molecule has 0 aliphatic carbocycles. The third kappa shape index (κ3) is 6.86. The number of rotatable bonds is 7. The van der Waals surface area contributed by atoms with Crippen LogP contribution in [-0.2, 0) is 18.4 Å². The van der Waals surface area contributed by atoms with Crippen molar-refractivity contribution in [1.82, 2.24) is 25.4 Å². The van der Waals surface area contributed by atoms with Crippen molar-refractivity contribution in [3.05, 3.63) is 66.1 Å². The minimum atomic E-state index is -0.0537. The van der Waals surface area contributed by atoms with Crippen LogP contribution in [0.25, 0.3) is 5.69 Å². The summed E-state index contributed by atoms with van der Waals surface area (Å²) in [6.45, 7) is 10.3. The number of halogens is 1. The minimum absolute atomic E-state index is 0. The molecule has 3 rings (SSSR count). The molecule has 0 fully saturated rings. The fraction of sp³-hybridized carbons (Fsp3) is 0.409. The van der Waals surface area contributed by atoms with Crippen LogP contribution in [0.2, 0.25) is 0 Å². The van der Waals surface area contributed by atoms with E-state index in [9.17, 15) is 0 Å². The highest BCUT2D eigenvalue weighted by Crippen LogP contribution is 2.22. The number of aliphatic imine (C=N–C) groups is 1. The highest BCUT2D eigenvalue weighted by atomic mass is 127. The summed E-state index contributed by atoms with van der Waals surface area (Å²) < 4.78 is 7.70. The van der Waals surface area contributed by atoms with E-state index in [-0.39, 0.29) is 29.4 Å². The third-order valence-corrected chi connectivity index (χ3v) is 4.37. The molecule has 0 aliphatic heterocycles. The summed E-state index contributed by atoms with van der Waals surface area (Å²) in [5.74, 6) is 2.24.